The average Bonchev–Trinajstić information content (AvgIpc) is 3.16. The van der Waals surface area contributed by atoms with E-state index in [1.165, 1.54) is 0 Å². The van der Waals surface area contributed by atoms with Crippen molar-refractivity contribution in [3.8, 4) is 11.4 Å². The van der Waals surface area contributed by atoms with Crippen LogP contribution in [0.3, 0.4) is 0 Å². The van der Waals surface area contributed by atoms with Gasteiger partial charge in [-0.1, -0.05) is 66.1 Å². The normalized spacial score (nSPS) is 13.1. The van der Waals surface area contributed by atoms with Crippen LogP contribution in [0.4, 0.5) is 0 Å². The van der Waals surface area contributed by atoms with Crippen LogP contribution in [0.5, 0.6) is 0 Å². The van der Waals surface area contributed by atoms with Crippen LogP contribution >= 0.6 is 11.6 Å². The molecule has 3 N–H and O–H groups in total. The molecular formula is C20H21ClN4O2. The number of nitrogens with two attached hydrogens (primary N) is 1. The summed E-state index contributed by atoms with van der Waals surface area (Å²) in [6, 6.07) is 16.5. The molecule has 0 radical (unpaired) electrons. The first-order valence-corrected chi connectivity index (χ1v) is 9.09. The quantitative estimate of drug-likeness (QED) is 0.651. The predicted octanol–water partition coefficient (Wildman–Crippen LogP) is 3.38. The fourth-order valence-electron chi connectivity index (χ4n) is 2.68. The van der Waals surface area contributed by atoms with Crippen LogP contribution in [0.2, 0.25) is 5.02 Å². The molecule has 2 atom stereocenters. The molecule has 0 bridgehead atoms. The van der Waals surface area contributed by atoms with Crippen molar-refractivity contribution >= 4 is 17.5 Å². The van der Waals surface area contributed by atoms with Crippen molar-refractivity contribution in [1.29, 1.82) is 0 Å². The lowest BCUT2D eigenvalue weighted by atomic mass is 9.95. The van der Waals surface area contributed by atoms with Crippen LogP contribution in [-0.2, 0) is 11.2 Å². The maximum absolute atomic E-state index is 12.3. The molecule has 1 amide bonds. The first-order chi connectivity index (χ1) is 13.0. The predicted molar refractivity (Wildman–Crippen MR) is 104 cm³/mol. The fraction of sp³-hybridized carbons (Fsp3) is 0.250. The Morgan fingerprint density at radius 2 is 2.00 bits per heavy atom. The van der Waals surface area contributed by atoms with Gasteiger partial charge in [-0.2, -0.15) is 4.98 Å². The molecule has 0 aliphatic rings. The molecule has 3 aromatic rings. The van der Waals surface area contributed by atoms with Crippen molar-refractivity contribution in [2.45, 2.75) is 19.4 Å². The summed E-state index contributed by atoms with van der Waals surface area (Å²) >= 11 is 5.98. The van der Waals surface area contributed by atoms with Crippen molar-refractivity contribution in [3.05, 3.63) is 71.1 Å². The van der Waals surface area contributed by atoms with Gasteiger partial charge in [-0.05, 0) is 17.7 Å². The first-order valence-electron chi connectivity index (χ1n) is 8.71. The van der Waals surface area contributed by atoms with Gasteiger partial charge in [0, 0.05) is 29.6 Å². The van der Waals surface area contributed by atoms with E-state index in [-0.39, 0.29) is 17.9 Å². The SMILES string of the molecule is CC(C(=O)NCCc1nc(-c2cccc(Cl)c2)no1)C(N)c1ccccc1. The summed E-state index contributed by atoms with van der Waals surface area (Å²) in [4.78, 5) is 16.7. The van der Waals surface area contributed by atoms with Gasteiger partial charge in [0.25, 0.3) is 0 Å². The Balaban J connectivity index is 1.52. The molecule has 0 saturated carbocycles. The number of carbonyl (C=O) groups is 1. The lowest BCUT2D eigenvalue weighted by Crippen LogP contribution is -2.36. The third kappa shape index (κ3) is 4.93. The maximum Gasteiger partial charge on any atom is 0.228 e. The second-order valence-electron chi connectivity index (χ2n) is 6.29. The van der Waals surface area contributed by atoms with Gasteiger partial charge in [0.2, 0.25) is 17.6 Å². The Morgan fingerprint density at radius 3 is 2.74 bits per heavy atom. The van der Waals surface area contributed by atoms with Gasteiger partial charge in [-0.3, -0.25) is 4.79 Å². The number of amides is 1. The van der Waals surface area contributed by atoms with E-state index in [1.54, 1.807) is 12.1 Å². The minimum absolute atomic E-state index is 0.110. The molecule has 1 heterocycles. The van der Waals surface area contributed by atoms with E-state index in [9.17, 15) is 4.79 Å². The number of carbonyl (C=O) groups excluding carboxylic acids is 1. The Morgan fingerprint density at radius 1 is 1.22 bits per heavy atom. The molecule has 3 rings (SSSR count). The Kier molecular flexibility index (Phi) is 6.21. The Bertz CT molecular complexity index is 898. The van der Waals surface area contributed by atoms with Gasteiger partial charge in [0.05, 0.1) is 5.92 Å². The summed E-state index contributed by atoms with van der Waals surface area (Å²) in [6.07, 6.45) is 0.437. The van der Waals surface area contributed by atoms with E-state index in [0.717, 1.165) is 11.1 Å². The van der Waals surface area contributed by atoms with Crippen molar-refractivity contribution in [3.63, 3.8) is 0 Å². The summed E-state index contributed by atoms with van der Waals surface area (Å²) in [6.45, 7) is 2.21. The van der Waals surface area contributed by atoms with Crippen molar-refractivity contribution in [1.82, 2.24) is 15.5 Å². The highest BCUT2D eigenvalue weighted by atomic mass is 35.5. The summed E-state index contributed by atoms with van der Waals surface area (Å²) < 4.78 is 5.24. The molecule has 2 unspecified atom stereocenters. The summed E-state index contributed by atoms with van der Waals surface area (Å²) in [5.41, 5.74) is 7.90. The topological polar surface area (TPSA) is 94.0 Å². The molecule has 140 valence electrons. The fourth-order valence-corrected chi connectivity index (χ4v) is 2.87. The second kappa shape index (κ2) is 8.79. The van der Waals surface area contributed by atoms with E-state index < -0.39 is 0 Å². The van der Waals surface area contributed by atoms with Gasteiger partial charge >= 0.3 is 0 Å². The highest BCUT2D eigenvalue weighted by molar-refractivity contribution is 6.30. The molecule has 6 nitrogen and oxygen atoms in total. The molecule has 27 heavy (non-hydrogen) atoms. The molecule has 0 fully saturated rings. The van der Waals surface area contributed by atoms with E-state index in [0.29, 0.717) is 29.7 Å². The van der Waals surface area contributed by atoms with Gasteiger partial charge in [0.15, 0.2) is 0 Å². The zero-order chi connectivity index (χ0) is 19.2. The third-order valence-corrected chi connectivity index (χ3v) is 4.56. The standard InChI is InChI=1S/C20H21ClN4O2/c1-13(18(22)14-6-3-2-4-7-14)20(26)23-11-10-17-24-19(25-27-17)15-8-5-9-16(21)12-15/h2-9,12-13,18H,10-11,22H2,1H3,(H,23,26). The number of aromatic nitrogens is 2. The summed E-state index contributed by atoms with van der Waals surface area (Å²) in [7, 11) is 0. The Labute approximate surface area is 162 Å². The van der Waals surface area contributed by atoms with Crippen LogP contribution in [-0.4, -0.2) is 22.6 Å². The van der Waals surface area contributed by atoms with Crippen molar-refractivity contribution < 1.29 is 9.32 Å². The molecule has 7 heteroatoms. The van der Waals surface area contributed by atoms with E-state index in [2.05, 4.69) is 15.5 Å². The minimum Gasteiger partial charge on any atom is -0.355 e. The zero-order valence-corrected chi connectivity index (χ0v) is 15.7. The van der Waals surface area contributed by atoms with Gasteiger partial charge in [-0.25, -0.2) is 0 Å². The molecule has 1 aromatic heterocycles. The summed E-state index contributed by atoms with van der Waals surface area (Å²) in [5.74, 6) is 0.460. The van der Waals surface area contributed by atoms with Gasteiger partial charge < -0.3 is 15.6 Å². The maximum atomic E-state index is 12.3. The smallest absolute Gasteiger partial charge is 0.228 e. The average molecular weight is 385 g/mol. The van der Waals surface area contributed by atoms with Crippen LogP contribution < -0.4 is 11.1 Å². The number of nitrogens with one attached hydrogen (secondary N) is 1. The second-order valence-corrected chi connectivity index (χ2v) is 6.72. The highest BCUT2D eigenvalue weighted by Crippen LogP contribution is 2.20. The third-order valence-electron chi connectivity index (χ3n) is 4.33. The minimum atomic E-state index is -0.357. The first kappa shape index (κ1) is 19.1. The van der Waals surface area contributed by atoms with Crippen LogP contribution in [0.25, 0.3) is 11.4 Å². The van der Waals surface area contributed by atoms with Crippen molar-refractivity contribution in [2.75, 3.05) is 6.54 Å². The number of halogens is 1. The van der Waals surface area contributed by atoms with Gasteiger partial charge in [0.1, 0.15) is 0 Å². The van der Waals surface area contributed by atoms with E-state index in [4.69, 9.17) is 21.9 Å². The molecule has 0 aliphatic heterocycles. The zero-order valence-electron chi connectivity index (χ0n) is 14.9. The number of benzene rings is 2. The van der Waals surface area contributed by atoms with Crippen LogP contribution in [0.15, 0.2) is 59.1 Å². The van der Waals surface area contributed by atoms with Crippen molar-refractivity contribution in [2.24, 2.45) is 11.7 Å². The largest absolute Gasteiger partial charge is 0.355 e. The summed E-state index contributed by atoms with van der Waals surface area (Å²) in [5, 5.41) is 7.43. The monoisotopic (exact) mass is 384 g/mol. The number of hydrogen-bond donors (Lipinski definition) is 2. The van der Waals surface area contributed by atoms with Crippen LogP contribution in [0.1, 0.15) is 24.4 Å². The van der Waals surface area contributed by atoms with Crippen LogP contribution in [0, 0.1) is 5.92 Å². The number of rotatable bonds is 7. The lowest BCUT2D eigenvalue weighted by Gasteiger charge is -2.19. The highest BCUT2D eigenvalue weighted by Gasteiger charge is 2.21. The van der Waals surface area contributed by atoms with E-state index >= 15 is 0 Å². The van der Waals surface area contributed by atoms with Gasteiger partial charge in [-0.15, -0.1) is 0 Å². The number of nitrogens with zero attached hydrogens (tertiary/aromatic N) is 2. The molecule has 2 aromatic carbocycles. The molecule has 0 spiro atoms. The Hall–Kier alpha value is -2.70. The molecule has 0 aliphatic carbocycles. The number of hydrogen-bond acceptors (Lipinski definition) is 5. The lowest BCUT2D eigenvalue weighted by molar-refractivity contribution is -0.125. The molecular weight excluding hydrogens is 364 g/mol. The van der Waals surface area contributed by atoms with E-state index in [1.807, 2.05) is 49.4 Å². The molecule has 0 saturated heterocycles.